The fourth-order valence-corrected chi connectivity index (χ4v) is 6.23. The van der Waals surface area contributed by atoms with Crippen LogP contribution in [-0.4, -0.2) is 69.6 Å². The highest BCUT2D eigenvalue weighted by Gasteiger charge is 2.43. The summed E-state index contributed by atoms with van der Waals surface area (Å²) in [4.78, 5) is 58.3. The van der Waals surface area contributed by atoms with Gasteiger partial charge in [-0.05, 0) is 68.4 Å². The van der Waals surface area contributed by atoms with Gasteiger partial charge in [-0.1, -0.05) is 72.8 Å². The first-order chi connectivity index (χ1) is 21.5. The van der Waals surface area contributed by atoms with Crippen LogP contribution in [0.5, 0.6) is 0 Å². The second-order valence-electron chi connectivity index (χ2n) is 12.8. The van der Waals surface area contributed by atoms with E-state index in [0.29, 0.717) is 37.9 Å². The second kappa shape index (κ2) is 13.5. The summed E-state index contributed by atoms with van der Waals surface area (Å²) in [5.74, 6) is -1.64. The lowest BCUT2D eigenvalue weighted by Gasteiger charge is -2.38. The third kappa shape index (κ3) is 7.71. The number of fused-ring (bicyclic) bond motifs is 2. The molecule has 0 aromatic heterocycles. The van der Waals surface area contributed by atoms with Crippen molar-refractivity contribution in [3.05, 3.63) is 101 Å². The number of benzene rings is 3. The van der Waals surface area contributed by atoms with Crippen LogP contribution in [0.3, 0.4) is 0 Å². The molecule has 9 nitrogen and oxygen atoms in total. The average Bonchev–Trinajstić information content (AvgIpc) is 3.39. The first kappa shape index (κ1) is 31.8. The van der Waals surface area contributed by atoms with Gasteiger partial charge in [0.05, 0.1) is 18.7 Å². The highest BCUT2D eigenvalue weighted by atomic mass is 16.6. The van der Waals surface area contributed by atoms with Gasteiger partial charge in [-0.15, -0.1) is 0 Å². The number of aryl methyl sites for hydroxylation is 1. The summed E-state index contributed by atoms with van der Waals surface area (Å²) < 4.78 is 5.72. The van der Waals surface area contributed by atoms with Gasteiger partial charge in [-0.3, -0.25) is 19.3 Å². The summed E-state index contributed by atoms with van der Waals surface area (Å²) in [6.45, 7) is 5.69. The number of carbonyl (C=O) groups is 4. The Bertz CT molecular complexity index is 1550. The molecule has 2 atom stereocenters. The molecular formula is C36H41N3O6. The molecular weight excluding hydrogens is 570 g/mol. The monoisotopic (exact) mass is 611 g/mol. The molecule has 2 aliphatic heterocycles. The first-order valence-corrected chi connectivity index (χ1v) is 15.5. The summed E-state index contributed by atoms with van der Waals surface area (Å²) in [5.41, 5.74) is 3.82. The van der Waals surface area contributed by atoms with Crippen LogP contribution in [0, 0.1) is 0 Å². The molecule has 236 valence electrons. The van der Waals surface area contributed by atoms with E-state index in [1.54, 1.807) is 31.7 Å². The maximum absolute atomic E-state index is 14.4. The van der Waals surface area contributed by atoms with Crippen LogP contribution in [-0.2, 0) is 44.9 Å². The van der Waals surface area contributed by atoms with Crippen LogP contribution in [0.4, 0.5) is 10.5 Å². The SMILES string of the molecule is CC(C)(C)OC(=O)N1c2ccccc2C[C@@H]1C(=O)N(CCCc1ccccc1)CC(=O)N1Cc2ccccc2C[C@@H]1CC(=O)O. The molecule has 0 radical (unpaired) electrons. The van der Waals surface area contributed by atoms with Gasteiger partial charge in [0.25, 0.3) is 0 Å². The highest BCUT2D eigenvalue weighted by molar-refractivity contribution is 6.01. The molecule has 3 aromatic carbocycles. The molecule has 0 saturated heterocycles. The summed E-state index contributed by atoms with van der Waals surface area (Å²) in [7, 11) is 0. The average molecular weight is 612 g/mol. The Morgan fingerprint density at radius 1 is 0.867 bits per heavy atom. The molecule has 9 heteroatoms. The standard InChI is InChI=1S/C36H41N3O6/c1-36(2,3)45-35(44)39-30-18-10-9-16-27(30)21-31(39)34(43)37(19-11-14-25-12-5-4-6-13-25)24-32(40)38-23-28-17-8-7-15-26(28)20-29(38)22-33(41)42/h4-10,12-13,15-18,29,31H,11,14,19-24H2,1-3H3,(H,41,42)/t29-,31-/m1/s1. The Morgan fingerprint density at radius 2 is 1.51 bits per heavy atom. The van der Waals surface area contributed by atoms with Crippen molar-refractivity contribution < 1.29 is 29.0 Å². The van der Waals surface area contributed by atoms with Crippen molar-refractivity contribution in [3.8, 4) is 0 Å². The lowest BCUT2D eigenvalue weighted by atomic mass is 9.92. The zero-order valence-corrected chi connectivity index (χ0v) is 26.1. The van der Waals surface area contributed by atoms with E-state index in [4.69, 9.17) is 4.74 Å². The summed E-state index contributed by atoms with van der Waals surface area (Å²) in [6, 6.07) is 23.7. The predicted molar refractivity (Wildman–Crippen MR) is 171 cm³/mol. The number of ether oxygens (including phenoxy) is 1. The van der Waals surface area contributed by atoms with Crippen LogP contribution in [0.2, 0.25) is 0 Å². The van der Waals surface area contributed by atoms with Gasteiger partial charge in [0.1, 0.15) is 11.6 Å². The topological polar surface area (TPSA) is 107 Å². The lowest BCUT2D eigenvalue weighted by Crippen LogP contribution is -2.54. The van der Waals surface area contributed by atoms with Crippen LogP contribution in [0.15, 0.2) is 78.9 Å². The van der Waals surface area contributed by atoms with Crippen molar-refractivity contribution >= 4 is 29.6 Å². The molecule has 2 heterocycles. The first-order valence-electron chi connectivity index (χ1n) is 15.5. The molecule has 3 aromatic rings. The minimum Gasteiger partial charge on any atom is -0.481 e. The van der Waals surface area contributed by atoms with Crippen LogP contribution in [0.1, 0.15) is 55.9 Å². The number of hydrogen-bond donors (Lipinski definition) is 1. The number of carboxylic acid groups (broad SMARTS) is 1. The fourth-order valence-electron chi connectivity index (χ4n) is 6.23. The van der Waals surface area contributed by atoms with E-state index >= 15 is 0 Å². The number of para-hydroxylation sites is 1. The smallest absolute Gasteiger partial charge is 0.415 e. The Hall–Kier alpha value is -4.66. The van der Waals surface area contributed by atoms with Gasteiger partial charge in [0.15, 0.2) is 0 Å². The van der Waals surface area contributed by atoms with E-state index in [-0.39, 0.29) is 31.3 Å². The van der Waals surface area contributed by atoms with Crippen molar-refractivity contribution in [1.82, 2.24) is 9.80 Å². The molecule has 0 fully saturated rings. The lowest BCUT2D eigenvalue weighted by molar-refractivity contribution is -0.145. The van der Waals surface area contributed by atoms with Crippen molar-refractivity contribution in [3.63, 3.8) is 0 Å². The third-order valence-electron chi connectivity index (χ3n) is 8.31. The zero-order valence-electron chi connectivity index (χ0n) is 26.1. The molecule has 0 saturated carbocycles. The Kier molecular flexibility index (Phi) is 9.56. The number of carboxylic acids is 1. The number of hydrogen-bond acceptors (Lipinski definition) is 5. The normalized spacial score (nSPS) is 17.3. The van der Waals surface area contributed by atoms with Crippen LogP contribution in [0.25, 0.3) is 0 Å². The van der Waals surface area contributed by atoms with E-state index in [0.717, 1.165) is 22.3 Å². The minimum atomic E-state index is -0.982. The largest absolute Gasteiger partial charge is 0.481 e. The highest BCUT2D eigenvalue weighted by Crippen LogP contribution is 2.34. The molecule has 3 amide bonds. The number of carbonyl (C=O) groups excluding carboxylic acids is 3. The van der Waals surface area contributed by atoms with E-state index in [1.165, 1.54) is 9.80 Å². The van der Waals surface area contributed by atoms with E-state index < -0.39 is 29.7 Å². The fraction of sp³-hybridized carbons (Fsp3) is 0.389. The van der Waals surface area contributed by atoms with Crippen molar-refractivity contribution in [2.75, 3.05) is 18.0 Å². The van der Waals surface area contributed by atoms with E-state index in [2.05, 4.69) is 0 Å². The molecule has 0 unspecified atom stereocenters. The van der Waals surface area contributed by atoms with Gasteiger partial charge in [-0.2, -0.15) is 0 Å². The quantitative estimate of drug-likeness (QED) is 0.355. The third-order valence-corrected chi connectivity index (χ3v) is 8.31. The van der Waals surface area contributed by atoms with Gasteiger partial charge < -0.3 is 19.6 Å². The number of anilines is 1. The van der Waals surface area contributed by atoms with Crippen LogP contribution >= 0.6 is 0 Å². The Labute approximate surface area is 264 Å². The maximum atomic E-state index is 14.4. The zero-order chi connectivity index (χ0) is 32.1. The molecule has 2 aliphatic rings. The van der Waals surface area contributed by atoms with E-state index in [9.17, 15) is 24.3 Å². The predicted octanol–water partition coefficient (Wildman–Crippen LogP) is 5.24. The summed E-state index contributed by atoms with van der Waals surface area (Å²) in [5, 5.41) is 9.65. The Morgan fingerprint density at radius 3 is 2.20 bits per heavy atom. The number of amides is 3. The number of aliphatic carboxylic acids is 1. The van der Waals surface area contributed by atoms with Crippen LogP contribution < -0.4 is 4.90 Å². The summed E-state index contributed by atoms with van der Waals surface area (Å²) in [6.07, 6.45) is 1.24. The maximum Gasteiger partial charge on any atom is 0.415 e. The molecule has 0 spiro atoms. The van der Waals surface area contributed by atoms with Gasteiger partial charge in [-0.25, -0.2) is 4.79 Å². The van der Waals surface area contributed by atoms with Gasteiger partial charge >= 0.3 is 12.1 Å². The molecule has 1 N–H and O–H groups in total. The minimum absolute atomic E-state index is 0.188. The molecule has 0 bridgehead atoms. The number of rotatable bonds is 9. The molecule has 45 heavy (non-hydrogen) atoms. The van der Waals surface area contributed by atoms with Crippen molar-refractivity contribution in [2.24, 2.45) is 0 Å². The van der Waals surface area contributed by atoms with Crippen molar-refractivity contribution in [1.29, 1.82) is 0 Å². The molecule has 0 aliphatic carbocycles. The van der Waals surface area contributed by atoms with E-state index in [1.807, 2.05) is 72.8 Å². The molecule has 5 rings (SSSR count). The van der Waals surface area contributed by atoms with Gasteiger partial charge in [0.2, 0.25) is 11.8 Å². The van der Waals surface area contributed by atoms with Gasteiger partial charge in [0, 0.05) is 25.6 Å². The Balaban J connectivity index is 1.41. The van der Waals surface area contributed by atoms with Crippen molar-refractivity contribution in [2.45, 2.75) is 77.1 Å². The number of nitrogens with zero attached hydrogens (tertiary/aromatic N) is 3. The summed E-state index contributed by atoms with van der Waals surface area (Å²) >= 11 is 0. The second-order valence-corrected chi connectivity index (χ2v) is 12.8.